The summed E-state index contributed by atoms with van der Waals surface area (Å²) in [6.07, 6.45) is -0.772. The smallest absolute Gasteiger partial charge is 0.265 e. The maximum Gasteiger partial charge on any atom is 0.265 e. The summed E-state index contributed by atoms with van der Waals surface area (Å²) in [6, 6.07) is 19.4. The number of nitrogens with one attached hydrogen (secondary N) is 2. The molecule has 0 aliphatic carbocycles. The minimum atomic E-state index is -3.75. The molecule has 2 N–H and O–H groups in total. The monoisotopic (exact) mass is 508 g/mol. The molecule has 3 aromatic rings. The van der Waals surface area contributed by atoms with E-state index in [0.29, 0.717) is 22.1 Å². The Bertz CT molecular complexity index is 1140. The number of carbonyl (C=O) groups is 1. The number of benzene rings is 3. The molecule has 9 heteroatoms. The number of hydrogen-bond donors (Lipinski definition) is 2. The lowest BCUT2D eigenvalue weighted by Gasteiger charge is -2.15. The van der Waals surface area contributed by atoms with E-state index in [1.165, 1.54) is 24.3 Å². The molecular formula is C21H18BrClN2O4S. The van der Waals surface area contributed by atoms with Crippen molar-refractivity contribution >= 4 is 54.8 Å². The second kappa shape index (κ2) is 9.51. The van der Waals surface area contributed by atoms with Crippen molar-refractivity contribution in [3.8, 4) is 5.75 Å². The fourth-order valence-corrected chi connectivity index (χ4v) is 3.99. The number of hydrogen-bond acceptors (Lipinski definition) is 4. The van der Waals surface area contributed by atoms with Crippen LogP contribution in [-0.4, -0.2) is 20.4 Å². The minimum Gasteiger partial charge on any atom is -0.481 e. The van der Waals surface area contributed by atoms with E-state index in [-0.39, 0.29) is 10.8 Å². The zero-order valence-electron chi connectivity index (χ0n) is 15.8. The average molecular weight is 510 g/mol. The van der Waals surface area contributed by atoms with E-state index in [1.54, 1.807) is 55.5 Å². The maximum absolute atomic E-state index is 12.5. The van der Waals surface area contributed by atoms with Crippen LogP contribution in [0.2, 0.25) is 5.02 Å². The molecule has 0 fully saturated rings. The first-order chi connectivity index (χ1) is 14.2. The van der Waals surface area contributed by atoms with Crippen molar-refractivity contribution in [2.45, 2.75) is 17.9 Å². The molecule has 0 heterocycles. The molecule has 0 aliphatic heterocycles. The van der Waals surface area contributed by atoms with Crippen molar-refractivity contribution in [1.29, 1.82) is 0 Å². The normalized spacial score (nSPS) is 12.1. The summed E-state index contributed by atoms with van der Waals surface area (Å²) in [6.45, 7) is 1.61. The first kappa shape index (κ1) is 22.1. The quantitative estimate of drug-likeness (QED) is 0.452. The Labute approximate surface area is 188 Å². The Hall–Kier alpha value is -2.55. The Morgan fingerprint density at radius 2 is 1.63 bits per heavy atom. The third-order valence-corrected chi connectivity index (χ3v) is 6.17. The lowest BCUT2D eigenvalue weighted by Crippen LogP contribution is -2.30. The molecule has 156 valence electrons. The fraction of sp³-hybridized carbons (Fsp3) is 0.0952. The zero-order chi connectivity index (χ0) is 21.7. The molecule has 6 nitrogen and oxygen atoms in total. The molecule has 30 heavy (non-hydrogen) atoms. The van der Waals surface area contributed by atoms with Crippen molar-refractivity contribution in [1.82, 2.24) is 0 Å². The zero-order valence-corrected chi connectivity index (χ0v) is 19.0. The molecule has 1 amide bonds. The van der Waals surface area contributed by atoms with Gasteiger partial charge in [0.15, 0.2) is 6.10 Å². The van der Waals surface area contributed by atoms with E-state index in [4.69, 9.17) is 16.3 Å². The minimum absolute atomic E-state index is 0.0756. The van der Waals surface area contributed by atoms with E-state index in [0.717, 1.165) is 4.47 Å². The summed E-state index contributed by atoms with van der Waals surface area (Å²) in [4.78, 5) is 12.4. The molecule has 0 saturated carbocycles. The molecule has 3 aromatic carbocycles. The molecule has 0 bridgehead atoms. The maximum atomic E-state index is 12.5. The van der Waals surface area contributed by atoms with Crippen molar-refractivity contribution in [3.05, 3.63) is 82.3 Å². The highest BCUT2D eigenvalue weighted by Gasteiger charge is 2.17. The van der Waals surface area contributed by atoms with Crippen molar-refractivity contribution < 1.29 is 17.9 Å². The largest absolute Gasteiger partial charge is 0.481 e. The second-order valence-electron chi connectivity index (χ2n) is 6.34. The second-order valence-corrected chi connectivity index (χ2v) is 9.38. The van der Waals surface area contributed by atoms with Gasteiger partial charge in [-0.25, -0.2) is 8.42 Å². The Kier molecular flexibility index (Phi) is 7.02. The lowest BCUT2D eigenvalue weighted by molar-refractivity contribution is -0.122. The predicted octanol–water partition coefficient (Wildman–Crippen LogP) is 5.31. The van der Waals surface area contributed by atoms with Crippen LogP contribution in [0.4, 0.5) is 11.4 Å². The van der Waals surface area contributed by atoms with Crippen LogP contribution in [0.5, 0.6) is 5.75 Å². The fourth-order valence-electron chi connectivity index (χ4n) is 2.49. The third-order valence-electron chi connectivity index (χ3n) is 4.01. The van der Waals surface area contributed by atoms with E-state index >= 15 is 0 Å². The van der Waals surface area contributed by atoms with Crippen LogP contribution < -0.4 is 14.8 Å². The van der Waals surface area contributed by atoms with Crippen LogP contribution in [0, 0.1) is 0 Å². The van der Waals surface area contributed by atoms with Crippen LogP contribution in [-0.2, 0) is 14.8 Å². The number of ether oxygens (including phenoxy) is 1. The van der Waals surface area contributed by atoms with Gasteiger partial charge >= 0.3 is 0 Å². The Balaban J connectivity index is 1.63. The van der Waals surface area contributed by atoms with Crippen molar-refractivity contribution in [2.75, 3.05) is 10.0 Å². The molecule has 1 atom stereocenters. The van der Waals surface area contributed by atoms with Crippen LogP contribution in [0.3, 0.4) is 0 Å². The van der Waals surface area contributed by atoms with Gasteiger partial charge in [0, 0.05) is 20.9 Å². The number of amides is 1. The number of anilines is 2. The number of carbonyl (C=O) groups excluding carboxylic acids is 1. The van der Waals surface area contributed by atoms with Crippen LogP contribution in [0.15, 0.2) is 82.2 Å². The topological polar surface area (TPSA) is 84.5 Å². The summed E-state index contributed by atoms with van der Waals surface area (Å²) in [5.41, 5.74) is 0.895. The van der Waals surface area contributed by atoms with Gasteiger partial charge in [0.05, 0.1) is 4.90 Å². The molecule has 0 spiro atoms. The van der Waals surface area contributed by atoms with Crippen LogP contribution >= 0.6 is 27.5 Å². The van der Waals surface area contributed by atoms with Gasteiger partial charge in [-0.3, -0.25) is 9.52 Å². The molecular weight excluding hydrogens is 492 g/mol. The highest BCUT2D eigenvalue weighted by atomic mass is 79.9. The van der Waals surface area contributed by atoms with Gasteiger partial charge in [-0.05, 0) is 73.7 Å². The standard InChI is InChI=1S/C21H18BrClN2O4S/c1-14(29-19-4-2-3-16(23)13-19)21(26)24-17-9-11-20(12-10-17)30(27,28)25-18-7-5-15(22)6-8-18/h2-14,25H,1H3,(H,24,26)/t14-/m1/s1. The predicted molar refractivity (Wildman–Crippen MR) is 122 cm³/mol. The Morgan fingerprint density at radius 1 is 1.00 bits per heavy atom. The third kappa shape index (κ3) is 5.98. The summed E-state index contributed by atoms with van der Waals surface area (Å²) >= 11 is 9.21. The molecule has 3 rings (SSSR count). The Morgan fingerprint density at radius 3 is 2.27 bits per heavy atom. The highest BCUT2D eigenvalue weighted by molar-refractivity contribution is 9.10. The molecule has 0 radical (unpaired) electrons. The van der Waals surface area contributed by atoms with Gasteiger partial charge in [-0.15, -0.1) is 0 Å². The molecule has 0 unspecified atom stereocenters. The molecule has 0 aliphatic rings. The summed E-state index contributed by atoms with van der Waals surface area (Å²) in [7, 11) is -3.75. The van der Waals surface area contributed by atoms with Crippen LogP contribution in [0.1, 0.15) is 6.92 Å². The van der Waals surface area contributed by atoms with Crippen molar-refractivity contribution in [2.24, 2.45) is 0 Å². The first-order valence-electron chi connectivity index (χ1n) is 8.84. The van der Waals surface area contributed by atoms with Gasteiger partial charge in [0.25, 0.3) is 15.9 Å². The van der Waals surface area contributed by atoms with Gasteiger partial charge in [-0.2, -0.15) is 0 Å². The van der Waals surface area contributed by atoms with E-state index in [9.17, 15) is 13.2 Å². The average Bonchev–Trinajstić information content (AvgIpc) is 2.70. The van der Waals surface area contributed by atoms with Crippen LogP contribution in [0.25, 0.3) is 0 Å². The van der Waals surface area contributed by atoms with Gasteiger partial charge < -0.3 is 10.1 Å². The number of rotatable bonds is 7. The lowest BCUT2D eigenvalue weighted by atomic mass is 10.3. The van der Waals surface area contributed by atoms with E-state index in [2.05, 4.69) is 26.0 Å². The highest BCUT2D eigenvalue weighted by Crippen LogP contribution is 2.21. The van der Waals surface area contributed by atoms with Gasteiger partial charge in [0.1, 0.15) is 5.75 Å². The van der Waals surface area contributed by atoms with Gasteiger partial charge in [-0.1, -0.05) is 33.6 Å². The van der Waals surface area contributed by atoms with Gasteiger partial charge in [0.2, 0.25) is 0 Å². The number of halogens is 2. The van der Waals surface area contributed by atoms with E-state index < -0.39 is 16.1 Å². The summed E-state index contributed by atoms with van der Waals surface area (Å²) in [5.74, 6) is 0.101. The first-order valence-corrected chi connectivity index (χ1v) is 11.5. The summed E-state index contributed by atoms with van der Waals surface area (Å²) < 4.78 is 34.0. The molecule has 0 saturated heterocycles. The SMILES string of the molecule is C[C@@H](Oc1cccc(Cl)c1)C(=O)Nc1ccc(S(=O)(=O)Nc2ccc(Br)cc2)cc1. The summed E-state index contributed by atoms with van der Waals surface area (Å²) in [5, 5.41) is 3.20. The number of sulfonamides is 1. The van der Waals surface area contributed by atoms with E-state index in [1.807, 2.05) is 0 Å². The molecule has 0 aromatic heterocycles. The van der Waals surface area contributed by atoms with Crippen molar-refractivity contribution in [3.63, 3.8) is 0 Å².